The van der Waals surface area contributed by atoms with Gasteiger partial charge >= 0.3 is 5.69 Å². The Kier molecular flexibility index (Phi) is 4.31. The standard InChI is InChI=1S/C19H17Cl2N3O2/c1-23-9-15(14-6-12(20)7-17(21)16(14)10-23)11-2-4-13(5-3-11)24-18(25)8-22-19(24)26/h2-8,15,25H,9-10H2,1H3,(H,22,26). The van der Waals surface area contributed by atoms with Gasteiger partial charge in [-0.1, -0.05) is 35.3 Å². The van der Waals surface area contributed by atoms with E-state index in [-0.39, 0.29) is 17.5 Å². The van der Waals surface area contributed by atoms with Crippen LogP contribution < -0.4 is 5.69 Å². The number of nitrogens with one attached hydrogen (secondary N) is 1. The zero-order valence-corrected chi connectivity index (χ0v) is 15.6. The van der Waals surface area contributed by atoms with Crippen LogP contribution in [-0.2, 0) is 6.54 Å². The number of hydrogen-bond donors (Lipinski definition) is 2. The number of nitrogens with zero attached hydrogens (tertiary/aromatic N) is 2. The summed E-state index contributed by atoms with van der Waals surface area (Å²) in [7, 11) is 2.06. The largest absolute Gasteiger partial charge is 0.493 e. The molecule has 5 nitrogen and oxygen atoms in total. The minimum Gasteiger partial charge on any atom is -0.493 e. The molecule has 7 heteroatoms. The minimum atomic E-state index is -0.378. The highest BCUT2D eigenvalue weighted by Gasteiger charge is 2.27. The molecule has 1 aromatic heterocycles. The van der Waals surface area contributed by atoms with Crippen LogP contribution in [0.2, 0.25) is 10.0 Å². The second kappa shape index (κ2) is 6.50. The summed E-state index contributed by atoms with van der Waals surface area (Å²) in [6.45, 7) is 1.63. The molecule has 0 bridgehead atoms. The van der Waals surface area contributed by atoms with Gasteiger partial charge in [0, 0.05) is 29.1 Å². The van der Waals surface area contributed by atoms with Crippen LogP contribution in [0.3, 0.4) is 0 Å². The number of fused-ring (bicyclic) bond motifs is 1. The average Bonchev–Trinajstić information content (AvgIpc) is 2.94. The number of H-pyrrole nitrogens is 1. The predicted octanol–water partition coefficient (Wildman–Crippen LogP) is 3.76. The highest BCUT2D eigenvalue weighted by molar-refractivity contribution is 6.35. The lowest BCUT2D eigenvalue weighted by Gasteiger charge is -2.33. The first kappa shape index (κ1) is 17.2. The second-order valence-electron chi connectivity index (χ2n) is 6.58. The molecule has 134 valence electrons. The van der Waals surface area contributed by atoms with E-state index >= 15 is 0 Å². The molecule has 4 rings (SSSR count). The maximum Gasteiger partial charge on any atom is 0.333 e. The van der Waals surface area contributed by atoms with E-state index in [2.05, 4.69) is 16.9 Å². The molecule has 1 unspecified atom stereocenters. The number of hydrogen-bond acceptors (Lipinski definition) is 3. The molecule has 2 aromatic carbocycles. The van der Waals surface area contributed by atoms with Gasteiger partial charge in [-0.15, -0.1) is 0 Å². The fraction of sp³-hybridized carbons (Fsp3) is 0.211. The molecule has 26 heavy (non-hydrogen) atoms. The molecule has 0 amide bonds. The van der Waals surface area contributed by atoms with Crippen LogP contribution in [0, 0.1) is 0 Å². The van der Waals surface area contributed by atoms with E-state index in [4.69, 9.17) is 23.2 Å². The third-order valence-electron chi connectivity index (χ3n) is 4.80. The first-order valence-electron chi connectivity index (χ1n) is 8.20. The van der Waals surface area contributed by atoms with Gasteiger partial charge in [-0.3, -0.25) is 0 Å². The molecule has 1 atom stereocenters. The summed E-state index contributed by atoms with van der Waals surface area (Å²) in [6.07, 6.45) is 1.27. The number of aromatic amines is 1. The van der Waals surface area contributed by atoms with Crippen LogP contribution in [0.5, 0.6) is 5.88 Å². The van der Waals surface area contributed by atoms with E-state index in [0.717, 1.165) is 29.8 Å². The lowest BCUT2D eigenvalue weighted by atomic mass is 9.84. The molecule has 2 N–H and O–H groups in total. The fourth-order valence-corrected chi connectivity index (χ4v) is 4.16. The van der Waals surface area contributed by atoms with Crippen molar-refractivity contribution in [3.05, 3.63) is 79.8 Å². The summed E-state index contributed by atoms with van der Waals surface area (Å²) in [5.41, 5.74) is 3.55. The highest BCUT2D eigenvalue weighted by Crippen LogP contribution is 2.38. The topological polar surface area (TPSA) is 61.3 Å². The van der Waals surface area contributed by atoms with Gasteiger partial charge in [-0.25, -0.2) is 9.36 Å². The Morgan fingerprint density at radius 2 is 1.92 bits per heavy atom. The van der Waals surface area contributed by atoms with Gasteiger partial charge in [0.25, 0.3) is 0 Å². The van der Waals surface area contributed by atoms with Gasteiger partial charge in [0.15, 0.2) is 0 Å². The second-order valence-corrected chi connectivity index (χ2v) is 7.43. The number of benzene rings is 2. The molecule has 0 spiro atoms. The number of rotatable bonds is 2. The molecular formula is C19H17Cl2N3O2. The molecule has 0 fully saturated rings. The molecule has 2 heterocycles. The SMILES string of the molecule is CN1Cc2c(Cl)cc(Cl)cc2C(c2ccc(-n3c(O)c[nH]c3=O)cc2)C1. The van der Waals surface area contributed by atoms with Crippen molar-refractivity contribution in [3.63, 3.8) is 0 Å². The van der Waals surface area contributed by atoms with E-state index in [0.29, 0.717) is 15.7 Å². The van der Waals surface area contributed by atoms with Crippen molar-refractivity contribution in [3.8, 4) is 11.6 Å². The van der Waals surface area contributed by atoms with Crippen molar-refractivity contribution in [1.29, 1.82) is 0 Å². The molecule has 0 radical (unpaired) electrons. The highest BCUT2D eigenvalue weighted by atomic mass is 35.5. The molecule has 1 aliphatic heterocycles. The van der Waals surface area contributed by atoms with Crippen LogP contribution in [0.15, 0.2) is 47.4 Å². The fourth-order valence-electron chi connectivity index (χ4n) is 3.60. The third kappa shape index (κ3) is 2.92. The van der Waals surface area contributed by atoms with Gasteiger partial charge in [0.05, 0.1) is 11.9 Å². The van der Waals surface area contributed by atoms with E-state index < -0.39 is 0 Å². The summed E-state index contributed by atoms with van der Waals surface area (Å²) < 4.78 is 1.22. The summed E-state index contributed by atoms with van der Waals surface area (Å²) in [5, 5.41) is 11.1. The quantitative estimate of drug-likeness (QED) is 0.701. The van der Waals surface area contributed by atoms with Crippen LogP contribution in [-0.4, -0.2) is 33.1 Å². The van der Waals surface area contributed by atoms with Crippen LogP contribution in [0.4, 0.5) is 0 Å². The van der Waals surface area contributed by atoms with Gasteiger partial charge in [-0.05, 0) is 48.0 Å². The maximum absolute atomic E-state index is 11.8. The first-order valence-corrected chi connectivity index (χ1v) is 8.95. The van der Waals surface area contributed by atoms with E-state index in [1.54, 1.807) is 6.07 Å². The number of halogens is 2. The van der Waals surface area contributed by atoms with Crippen molar-refractivity contribution >= 4 is 23.2 Å². The molecule has 0 saturated heterocycles. The van der Waals surface area contributed by atoms with Crippen LogP contribution in [0.25, 0.3) is 5.69 Å². The number of aromatic hydroxyl groups is 1. The van der Waals surface area contributed by atoms with E-state index in [1.165, 1.54) is 10.8 Å². The summed E-state index contributed by atoms with van der Waals surface area (Å²) in [4.78, 5) is 16.5. The molecule has 3 aromatic rings. The zero-order valence-electron chi connectivity index (χ0n) is 14.0. The Labute approximate surface area is 160 Å². The normalized spacial score (nSPS) is 17.3. The van der Waals surface area contributed by atoms with Crippen molar-refractivity contribution < 1.29 is 5.11 Å². The van der Waals surface area contributed by atoms with Crippen molar-refractivity contribution in [2.24, 2.45) is 0 Å². The average molecular weight is 390 g/mol. The number of likely N-dealkylation sites (N-methyl/N-ethyl adjacent to an activating group) is 1. The van der Waals surface area contributed by atoms with Crippen LogP contribution >= 0.6 is 23.2 Å². The van der Waals surface area contributed by atoms with Crippen molar-refractivity contribution in [1.82, 2.24) is 14.5 Å². The molecule has 1 aliphatic rings. The van der Waals surface area contributed by atoms with Crippen molar-refractivity contribution in [2.45, 2.75) is 12.5 Å². The van der Waals surface area contributed by atoms with Gasteiger partial charge in [-0.2, -0.15) is 0 Å². The smallest absolute Gasteiger partial charge is 0.333 e. The Morgan fingerprint density at radius 1 is 1.19 bits per heavy atom. The first-order chi connectivity index (χ1) is 12.4. The van der Waals surface area contributed by atoms with Crippen molar-refractivity contribution in [2.75, 3.05) is 13.6 Å². The zero-order chi connectivity index (χ0) is 18.4. The number of aromatic nitrogens is 2. The summed E-state index contributed by atoms with van der Waals surface area (Å²) in [6, 6.07) is 11.3. The lowest BCUT2D eigenvalue weighted by Crippen LogP contribution is -2.31. The number of imidazole rings is 1. The Bertz CT molecular complexity index is 1020. The van der Waals surface area contributed by atoms with Gasteiger partial charge in [0.1, 0.15) is 0 Å². The Balaban J connectivity index is 1.76. The van der Waals surface area contributed by atoms with Gasteiger partial charge in [0.2, 0.25) is 5.88 Å². The molecule has 0 aliphatic carbocycles. The summed E-state index contributed by atoms with van der Waals surface area (Å²) in [5.74, 6) is 0.00889. The minimum absolute atomic E-state index is 0.121. The molecule has 0 saturated carbocycles. The Hall–Kier alpha value is -2.21. The third-order valence-corrected chi connectivity index (χ3v) is 5.36. The molecular weight excluding hydrogens is 373 g/mol. The van der Waals surface area contributed by atoms with Gasteiger partial charge < -0.3 is 15.0 Å². The Morgan fingerprint density at radius 3 is 2.58 bits per heavy atom. The monoisotopic (exact) mass is 389 g/mol. The lowest BCUT2D eigenvalue weighted by molar-refractivity contribution is 0.295. The van der Waals surface area contributed by atoms with E-state index in [9.17, 15) is 9.90 Å². The maximum atomic E-state index is 11.8. The predicted molar refractivity (Wildman–Crippen MR) is 103 cm³/mol. The van der Waals surface area contributed by atoms with E-state index in [1.807, 2.05) is 30.3 Å². The van der Waals surface area contributed by atoms with Crippen LogP contribution in [0.1, 0.15) is 22.6 Å². The summed E-state index contributed by atoms with van der Waals surface area (Å²) >= 11 is 12.6.